The van der Waals surface area contributed by atoms with Crippen LogP contribution in [0.1, 0.15) is 51.9 Å². The second kappa shape index (κ2) is 8.97. The van der Waals surface area contributed by atoms with Crippen molar-refractivity contribution in [3.05, 3.63) is 39.3 Å². The van der Waals surface area contributed by atoms with Gasteiger partial charge in [0.05, 0.1) is 34.0 Å². The van der Waals surface area contributed by atoms with Gasteiger partial charge in [-0.25, -0.2) is 8.42 Å². The van der Waals surface area contributed by atoms with E-state index in [9.17, 15) is 18.0 Å². The molecule has 4 rings (SSSR count). The number of carbonyl (C=O) groups excluding carboxylic acids is 2. The van der Waals surface area contributed by atoms with Crippen LogP contribution in [0.3, 0.4) is 0 Å². The van der Waals surface area contributed by atoms with Gasteiger partial charge in [-0.2, -0.15) is 5.10 Å². The Morgan fingerprint density at radius 2 is 2.06 bits per heavy atom. The quantitative estimate of drug-likeness (QED) is 0.658. The summed E-state index contributed by atoms with van der Waals surface area (Å²) in [6, 6.07) is 3.55. The van der Waals surface area contributed by atoms with E-state index in [2.05, 4.69) is 5.10 Å². The van der Waals surface area contributed by atoms with Gasteiger partial charge < -0.3 is 9.80 Å². The number of rotatable bonds is 5. The summed E-state index contributed by atoms with van der Waals surface area (Å²) in [5.41, 5.74) is 2.71. The number of piperidine rings is 1. The van der Waals surface area contributed by atoms with E-state index in [-0.39, 0.29) is 35.3 Å². The molecule has 2 aromatic rings. The lowest BCUT2D eigenvalue weighted by atomic mass is 9.96. The van der Waals surface area contributed by atoms with E-state index < -0.39 is 9.84 Å². The molecule has 0 saturated carbocycles. The third kappa shape index (κ3) is 4.61. The number of aryl methyl sites for hydroxylation is 1. The summed E-state index contributed by atoms with van der Waals surface area (Å²) >= 11 is 1.42. The molecule has 0 bridgehead atoms. The Labute approximate surface area is 193 Å². The average Bonchev–Trinajstić information content (AvgIpc) is 3.49. The lowest BCUT2D eigenvalue weighted by Crippen LogP contribution is -2.45. The summed E-state index contributed by atoms with van der Waals surface area (Å²) < 4.78 is 25.6. The van der Waals surface area contributed by atoms with Crippen LogP contribution >= 0.6 is 11.3 Å². The summed E-state index contributed by atoms with van der Waals surface area (Å²) in [7, 11) is -1.21. The first-order valence-electron chi connectivity index (χ1n) is 11.0. The minimum Gasteiger partial charge on any atom is -0.341 e. The van der Waals surface area contributed by atoms with Gasteiger partial charge in [-0.1, -0.05) is 6.07 Å². The molecule has 0 N–H and O–H groups in total. The van der Waals surface area contributed by atoms with Crippen molar-refractivity contribution in [2.24, 2.45) is 5.92 Å². The summed E-state index contributed by atoms with van der Waals surface area (Å²) in [5, 5.41) is 6.50. The van der Waals surface area contributed by atoms with E-state index in [4.69, 9.17) is 0 Å². The molecule has 2 aromatic heterocycles. The number of nitrogens with zero attached hydrogens (tertiary/aromatic N) is 4. The van der Waals surface area contributed by atoms with Gasteiger partial charge in [0.2, 0.25) is 5.91 Å². The van der Waals surface area contributed by atoms with Crippen LogP contribution in [0.5, 0.6) is 0 Å². The topological polar surface area (TPSA) is 92.6 Å². The lowest BCUT2D eigenvalue weighted by molar-refractivity contribution is -0.136. The minimum atomic E-state index is -3.00. The predicted octanol–water partition coefficient (Wildman–Crippen LogP) is 2.43. The largest absolute Gasteiger partial charge is 0.341 e. The molecule has 0 aromatic carbocycles. The van der Waals surface area contributed by atoms with Gasteiger partial charge in [0.15, 0.2) is 9.84 Å². The number of likely N-dealkylation sites (tertiary alicyclic amines) is 1. The van der Waals surface area contributed by atoms with Gasteiger partial charge in [-0.15, -0.1) is 11.3 Å². The lowest BCUT2D eigenvalue weighted by Gasteiger charge is -2.33. The molecule has 2 saturated heterocycles. The second-order valence-corrected chi connectivity index (χ2v) is 12.1. The molecule has 174 valence electrons. The first-order chi connectivity index (χ1) is 15.2. The molecule has 2 atom stereocenters. The Kier molecular flexibility index (Phi) is 6.44. The SMILES string of the molecule is Cc1nn(C2CCS(=O)(=O)C2)c(C)c1CN(C)C(=O)C1CCCN(C(=O)c2cccs2)C1. The zero-order valence-corrected chi connectivity index (χ0v) is 20.4. The minimum absolute atomic E-state index is 0.000339. The van der Waals surface area contributed by atoms with Crippen molar-refractivity contribution in [2.45, 2.75) is 45.7 Å². The zero-order valence-electron chi connectivity index (χ0n) is 18.8. The normalized spacial score (nSPS) is 22.8. The molecule has 2 aliphatic rings. The van der Waals surface area contributed by atoms with Crippen molar-refractivity contribution in [1.29, 1.82) is 0 Å². The van der Waals surface area contributed by atoms with E-state index in [1.165, 1.54) is 11.3 Å². The number of hydrogen-bond acceptors (Lipinski definition) is 6. The highest BCUT2D eigenvalue weighted by molar-refractivity contribution is 7.91. The second-order valence-electron chi connectivity index (χ2n) is 8.91. The highest BCUT2D eigenvalue weighted by atomic mass is 32.2. The fraction of sp³-hybridized carbons (Fsp3) is 0.591. The molecular formula is C22H30N4O4S2. The third-order valence-corrected chi connectivity index (χ3v) is 9.20. The van der Waals surface area contributed by atoms with Crippen molar-refractivity contribution in [3.63, 3.8) is 0 Å². The number of aromatic nitrogens is 2. The monoisotopic (exact) mass is 478 g/mol. The van der Waals surface area contributed by atoms with Gasteiger partial charge in [-0.05, 0) is 44.6 Å². The maximum atomic E-state index is 13.2. The van der Waals surface area contributed by atoms with Crippen molar-refractivity contribution in [2.75, 3.05) is 31.6 Å². The van der Waals surface area contributed by atoms with Gasteiger partial charge in [0.25, 0.3) is 5.91 Å². The molecule has 32 heavy (non-hydrogen) atoms. The third-order valence-electron chi connectivity index (χ3n) is 6.59. The molecule has 4 heterocycles. The molecule has 10 heteroatoms. The van der Waals surface area contributed by atoms with Crippen LogP contribution in [-0.2, 0) is 21.2 Å². The molecule has 2 unspecified atom stereocenters. The summed E-state index contributed by atoms with van der Waals surface area (Å²) in [4.78, 5) is 30.1. The van der Waals surface area contributed by atoms with E-state index in [1.54, 1.807) is 16.8 Å². The van der Waals surface area contributed by atoms with E-state index in [0.29, 0.717) is 30.9 Å². The number of thiophene rings is 1. The zero-order chi connectivity index (χ0) is 23.0. The fourth-order valence-electron chi connectivity index (χ4n) is 4.80. The highest BCUT2D eigenvalue weighted by Crippen LogP contribution is 2.28. The number of sulfone groups is 1. The number of hydrogen-bond donors (Lipinski definition) is 0. The van der Waals surface area contributed by atoms with Gasteiger partial charge in [0.1, 0.15) is 0 Å². The first-order valence-corrected chi connectivity index (χ1v) is 13.7. The van der Waals surface area contributed by atoms with Crippen molar-refractivity contribution in [3.8, 4) is 0 Å². The van der Waals surface area contributed by atoms with Crippen LogP contribution < -0.4 is 0 Å². The maximum Gasteiger partial charge on any atom is 0.263 e. The van der Waals surface area contributed by atoms with Crippen LogP contribution in [0, 0.1) is 19.8 Å². The van der Waals surface area contributed by atoms with Crippen molar-refractivity contribution >= 4 is 33.0 Å². The first kappa shape index (κ1) is 23.0. The van der Waals surface area contributed by atoms with Crippen LogP contribution in [0.2, 0.25) is 0 Å². The summed E-state index contributed by atoms with van der Waals surface area (Å²) in [5.74, 6) is 0.141. The number of carbonyl (C=O) groups is 2. The van der Waals surface area contributed by atoms with Gasteiger partial charge >= 0.3 is 0 Å². The molecule has 2 aliphatic heterocycles. The average molecular weight is 479 g/mol. The molecule has 0 aliphatic carbocycles. The van der Waals surface area contributed by atoms with Crippen LogP contribution in [0.25, 0.3) is 0 Å². The summed E-state index contributed by atoms with van der Waals surface area (Å²) in [6.45, 7) is 5.39. The molecule has 2 fully saturated rings. The molecule has 0 spiro atoms. The Bertz CT molecular complexity index is 1110. The number of amides is 2. The Morgan fingerprint density at radius 3 is 2.72 bits per heavy atom. The van der Waals surface area contributed by atoms with E-state index >= 15 is 0 Å². The molecule has 0 radical (unpaired) electrons. The van der Waals surface area contributed by atoms with E-state index in [0.717, 1.165) is 29.8 Å². The molecule has 2 amide bonds. The summed E-state index contributed by atoms with van der Waals surface area (Å²) in [6.07, 6.45) is 2.16. The van der Waals surface area contributed by atoms with Crippen LogP contribution in [0.4, 0.5) is 0 Å². The van der Waals surface area contributed by atoms with Crippen LogP contribution in [-0.4, -0.2) is 71.5 Å². The van der Waals surface area contributed by atoms with Gasteiger partial charge in [-0.3, -0.25) is 14.3 Å². The Hall–Kier alpha value is -2.20. The standard InChI is InChI=1S/C22H30N4O4S2/c1-15-19(16(2)26(23-15)18-8-11-32(29,30)14-18)13-24(3)21(27)17-6-4-9-25(12-17)22(28)20-7-5-10-31-20/h5,7,10,17-18H,4,6,8-9,11-14H2,1-3H3. The van der Waals surface area contributed by atoms with E-state index in [1.807, 2.05) is 36.0 Å². The van der Waals surface area contributed by atoms with Crippen molar-refractivity contribution < 1.29 is 18.0 Å². The van der Waals surface area contributed by atoms with Gasteiger partial charge in [0, 0.05) is 37.9 Å². The molecule has 8 nitrogen and oxygen atoms in total. The predicted molar refractivity (Wildman–Crippen MR) is 123 cm³/mol. The van der Waals surface area contributed by atoms with Crippen LogP contribution in [0.15, 0.2) is 17.5 Å². The molecular weight excluding hydrogens is 448 g/mol. The Morgan fingerprint density at radius 1 is 1.28 bits per heavy atom. The maximum absolute atomic E-state index is 13.2. The Balaban J connectivity index is 1.43. The fourth-order valence-corrected chi connectivity index (χ4v) is 7.18. The smallest absolute Gasteiger partial charge is 0.263 e. The van der Waals surface area contributed by atoms with Crippen molar-refractivity contribution in [1.82, 2.24) is 19.6 Å². The highest BCUT2D eigenvalue weighted by Gasteiger charge is 2.33.